The van der Waals surface area contributed by atoms with Crippen LogP contribution < -0.4 is 10.3 Å². The molecule has 0 amide bonds. The van der Waals surface area contributed by atoms with Gasteiger partial charge in [-0.1, -0.05) is 29.8 Å². The molecule has 0 aliphatic carbocycles. The molecule has 2 heterocycles. The van der Waals surface area contributed by atoms with Gasteiger partial charge in [0.05, 0.1) is 7.11 Å². The molecule has 136 valence electrons. The molecule has 0 bridgehead atoms. The summed E-state index contributed by atoms with van der Waals surface area (Å²) in [6, 6.07) is 6.14. The van der Waals surface area contributed by atoms with Crippen LogP contribution in [0.5, 0.6) is 5.88 Å². The van der Waals surface area contributed by atoms with Crippen LogP contribution in [0.3, 0.4) is 0 Å². The van der Waals surface area contributed by atoms with Crippen molar-refractivity contribution in [3.8, 4) is 5.88 Å². The molecule has 1 aromatic carbocycles. The first-order valence-electron chi connectivity index (χ1n) is 8.49. The number of fused-ring (bicyclic) bond motifs is 1. The van der Waals surface area contributed by atoms with Crippen molar-refractivity contribution in [1.82, 2.24) is 14.7 Å². The number of aromatic nitrogens is 3. The summed E-state index contributed by atoms with van der Waals surface area (Å²) in [6.07, 6.45) is 5.27. The van der Waals surface area contributed by atoms with Gasteiger partial charge in [0.2, 0.25) is 5.88 Å². The van der Waals surface area contributed by atoms with Crippen molar-refractivity contribution >= 4 is 10.9 Å². The van der Waals surface area contributed by atoms with E-state index in [4.69, 9.17) is 4.74 Å². The van der Waals surface area contributed by atoms with Crippen LogP contribution in [0.15, 0.2) is 40.8 Å². The van der Waals surface area contributed by atoms with Crippen LogP contribution in [0.4, 0.5) is 0 Å². The zero-order valence-corrected chi connectivity index (χ0v) is 15.5. The van der Waals surface area contributed by atoms with Gasteiger partial charge in [0.1, 0.15) is 11.4 Å². The number of allylic oxidation sites excluding steroid dienone is 2. The number of nitrogens with one attached hydrogen (secondary N) is 1. The van der Waals surface area contributed by atoms with Crippen molar-refractivity contribution in [3.63, 3.8) is 0 Å². The summed E-state index contributed by atoms with van der Waals surface area (Å²) in [5, 5.41) is 11.3. The van der Waals surface area contributed by atoms with E-state index in [-0.39, 0.29) is 11.6 Å². The van der Waals surface area contributed by atoms with Gasteiger partial charge in [0.25, 0.3) is 0 Å². The molecule has 0 aliphatic heterocycles. The van der Waals surface area contributed by atoms with E-state index in [0.717, 1.165) is 22.9 Å². The number of ether oxygens (including phenoxy) is 1. The highest BCUT2D eigenvalue weighted by Gasteiger charge is 2.17. The normalized spacial score (nSPS) is 10.9. The molecule has 2 N–H and O–H groups in total. The third-order valence-corrected chi connectivity index (χ3v) is 4.44. The number of rotatable bonds is 5. The van der Waals surface area contributed by atoms with Crippen molar-refractivity contribution < 1.29 is 9.94 Å². The van der Waals surface area contributed by atoms with E-state index in [1.54, 1.807) is 6.92 Å². The number of hydrogen-bond acceptors (Lipinski definition) is 4. The summed E-state index contributed by atoms with van der Waals surface area (Å²) >= 11 is 0. The smallest absolute Gasteiger partial charge is 0.304 e. The van der Waals surface area contributed by atoms with Gasteiger partial charge in [-0.15, -0.1) is 4.73 Å². The Morgan fingerprint density at radius 1 is 1.35 bits per heavy atom. The molecule has 6 heteroatoms. The Morgan fingerprint density at radius 2 is 2.12 bits per heavy atom. The lowest BCUT2D eigenvalue weighted by molar-refractivity contribution is 0.159. The van der Waals surface area contributed by atoms with E-state index in [1.807, 2.05) is 18.3 Å². The number of methoxy groups -OCH3 is 1. The van der Waals surface area contributed by atoms with Gasteiger partial charge >= 0.3 is 5.56 Å². The molecule has 3 aromatic rings. The van der Waals surface area contributed by atoms with E-state index >= 15 is 0 Å². The monoisotopic (exact) mass is 353 g/mol. The number of para-hydroxylation sites is 1. The lowest BCUT2D eigenvalue weighted by Gasteiger charge is -2.11. The van der Waals surface area contributed by atoms with E-state index in [2.05, 4.69) is 36.0 Å². The molecule has 0 saturated heterocycles. The highest BCUT2D eigenvalue weighted by molar-refractivity contribution is 5.86. The molecule has 2 aromatic heterocycles. The van der Waals surface area contributed by atoms with Crippen molar-refractivity contribution in [3.05, 3.63) is 68.9 Å². The van der Waals surface area contributed by atoms with Gasteiger partial charge in [-0.05, 0) is 38.3 Å². The average molecular weight is 353 g/mol. The first-order chi connectivity index (χ1) is 12.4. The molecule has 0 unspecified atom stereocenters. The Balaban J connectivity index is 2.06. The second-order valence-corrected chi connectivity index (χ2v) is 6.59. The minimum Gasteiger partial charge on any atom is -0.480 e. The van der Waals surface area contributed by atoms with Gasteiger partial charge in [0, 0.05) is 23.5 Å². The molecule has 26 heavy (non-hydrogen) atoms. The van der Waals surface area contributed by atoms with Crippen molar-refractivity contribution in [1.29, 1.82) is 0 Å². The van der Waals surface area contributed by atoms with Gasteiger partial charge in [0.15, 0.2) is 0 Å². The largest absolute Gasteiger partial charge is 0.480 e. The molecule has 6 nitrogen and oxygen atoms in total. The molecular weight excluding hydrogens is 330 g/mol. The molecule has 0 aliphatic rings. The Morgan fingerprint density at radius 3 is 2.81 bits per heavy atom. The lowest BCUT2D eigenvalue weighted by Crippen LogP contribution is -2.26. The molecule has 0 saturated carbocycles. The molecule has 0 atom stereocenters. The highest BCUT2D eigenvalue weighted by Crippen LogP contribution is 2.26. The van der Waals surface area contributed by atoms with Gasteiger partial charge < -0.3 is 14.9 Å². The number of aromatic amines is 1. The van der Waals surface area contributed by atoms with Crippen LogP contribution >= 0.6 is 0 Å². The highest BCUT2D eigenvalue weighted by atomic mass is 16.5. The first-order valence-corrected chi connectivity index (χ1v) is 8.49. The van der Waals surface area contributed by atoms with E-state index < -0.39 is 5.56 Å². The fourth-order valence-corrected chi connectivity index (χ4v) is 3.03. The first kappa shape index (κ1) is 17.8. The predicted molar refractivity (Wildman–Crippen MR) is 101 cm³/mol. The Kier molecular flexibility index (Phi) is 4.84. The van der Waals surface area contributed by atoms with Crippen LogP contribution in [0.25, 0.3) is 10.9 Å². The maximum Gasteiger partial charge on any atom is 0.304 e. The average Bonchev–Trinajstić information content (AvgIpc) is 3.03. The number of aryl methyl sites for hydroxylation is 1. The zero-order valence-electron chi connectivity index (χ0n) is 15.5. The van der Waals surface area contributed by atoms with Crippen LogP contribution in [0, 0.1) is 6.92 Å². The molecule has 0 fully saturated rings. The second kappa shape index (κ2) is 7.07. The third-order valence-electron chi connectivity index (χ3n) is 4.44. The topological polar surface area (TPSA) is 80.1 Å². The van der Waals surface area contributed by atoms with Crippen LogP contribution in [0.1, 0.15) is 36.4 Å². The van der Waals surface area contributed by atoms with Crippen LogP contribution in [-0.4, -0.2) is 27.0 Å². The summed E-state index contributed by atoms with van der Waals surface area (Å²) in [7, 11) is 1.47. The summed E-state index contributed by atoms with van der Waals surface area (Å²) in [6.45, 7) is 5.71. The fraction of sp³-hybridized carbons (Fsp3) is 0.300. The summed E-state index contributed by atoms with van der Waals surface area (Å²) < 4.78 is 5.89. The predicted octanol–water partition coefficient (Wildman–Crippen LogP) is 3.38. The zero-order chi connectivity index (χ0) is 18.8. The van der Waals surface area contributed by atoms with Gasteiger partial charge in [-0.3, -0.25) is 4.79 Å². The number of benzene rings is 1. The maximum absolute atomic E-state index is 12.0. The Bertz CT molecular complexity index is 1040. The number of nitrogens with zero attached hydrogens (tertiary/aromatic N) is 2. The number of H-pyrrole nitrogens is 1. The van der Waals surface area contributed by atoms with E-state index in [0.29, 0.717) is 16.8 Å². The summed E-state index contributed by atoms with van der Waals surface area (Å²) in [5.41, 5.74) is 4.48. The summed E-state index contributed by atoms with van der Waals surface area (Å²) in [5.74, 6) is 0.250. The Hall–Kier alpha value is -3.02. The molecular formula is C20H23N3O3. The van der Waals surface area contributed by atoms with Crippen molar-refractivity contribution in [2.45, 2.75) is 33.6 Å². The van der Waals surface area contributed by atoms with Crippen LogP contribution in [-0.2, 0) is 12.8 Å². The minimum atomic E-state index is -0.537. The number of hydrogen-bond donors (Lipinski definition) is 2. The lowest BCUT2D eigenvalue weighted by atomic mass is 10.0. The van der Waals surface area contributed by atoms with Crippen molar-refractivity contribution in [2.75, 3.05) is 7.11 Å². The summed E-state index contributed by atoms with van der Waals surface area (Å²) in [4.78, 5) is 19.5. The SMILES string of the molecule is COc1nc(C)c(=O)n(O)c1Cc1c[nH]c2c(CC=C(C)C)cccc12. The quantitative estimate of drug-likeness (QED) is 0.544. The third kappa shape index (κ3) is 3.22. The molecule has 0 radical (unpaired) electrons. The van der Waals surface area contributed by atoms with Gasteiger partial charge in [-0.2, -0.15) is 0 Å². The van der Waals surface area contributed by atoms with E-state index in [1.165, 1.54) is 18.2 Å². The second-order valence-electron chi connectivity index (χ2n) is 6.59. The fourth-order valence-electron chi connectivity index (χ4n) is 3.03. The maximum atomic E-state index is 12.0. The standard InChI is InChI=1S/C20H23N3O3/c1-12(2)8-9-14-6-5-7-16-15(11-21-18(14)16)10-17-19(26-4)22-13(3)20(24)23(17)25/h5-8,11,21,25H,9-10H2,1-4H3. The molecule has 3 rings (SSSR count). The Labute approximate surface area is 151 Å². The van der Waals surface area contributed by atoms with Gasteiger partial charge in [-0.25, -0.2) is 4.98 Å². The van der Waals surface area contributed by atoms with Crippen molar-refractivity contribution in [2.24, 2.45) is 0 Å². The minimum absolute atomic E-state index is 0.191. The molecule has 0 spiro atoms. The van der Waals surface area contributed by atoms with E-state index in [9.17, 15) is 10.0 Å². The van der Waals surface area contributed by atoms with Crippen LogP contribution in [0.2, 0.25) is 0 Å².